The quantitative estimate of drug-likeness (QED) is 0.0654. The summed E-state index contributed by atoms with van der Waals surface area (Å²) in [5.41, 5.74) is -4.70. The Labute approximate surface area is 362 Å². The summed E-state index contributed by atoms with van der Waals surface area (Å²) >= 11 is 0. The van der Waals surface area contributed by atoms with Crippen LogP contribution in [0.15, 0.2) is 64.6 Å². The van der Waals surface area contributed by atoms with Crippen molar-refractivity contribution in [2.24, 2.45) is 29.1 Å². The van der Waals surface area contributed by atoms with E-state index in [1.54, 1.807) is 44.2 Å². The van der Waals surface area contributed by atoms with Crippen LogP contribution in [0.2, 0.25) is 0 Å². The van der Waals surface area contributed by atoms with Gasteiger partial charge in [0.05, 0.1) is 23.5 Å². The Hall–Kier alpha value is -3.62. The van der Waals surface area contributed by atoms with Crippen LogP contribution in [0.25, 0.3) is 10.8 Å². The lowest BCUT2D eigenvalue weighted by atomic mass is 9.59. The third-order valence-electron chi connectivity index (χ3n) is 14.6. The number of aliphatic hydroxyl groups excluding tert-OH is 1. The maximum Gasteiger partial charge on any atom is 0.307 e. The molecule has 9 atom stereocenters. The molecule has 2 saturated carbocycles. The van der Waals surface area contributed by atoms with Gasteiger partial charge < -0.3 is 29.7 Å². The van der Waals surface area contributed by atoms with Gasteiger partial charge in [-0.1, -0.05) is 122 Å². The summed E-state index contributed by atoms with van der Waals surface area (Å²) in [5, 5.41) is 37.0. The molecule has 12 nitrogen and oxygen atoms in total. The zero-order valence-corrected chi connectivity index (χ0v) is 38.1. The minimum absolute atomic E-state index is 0.0929. The first-order chi connectivity index (χ1) is 28.7. The number of anilines is 1. The molecule has 0 amide bonds. The van der Waals surface area contributed by atoms with Crippen molar-refractivity contribution in [2.45, 2.75) is 152 Å². The van der Waals surface area contributed by atoms with Crippen LogP contribution < -0.4 is 9.62 Å². The van der Waals surface area contributed by atoms with Crippen LogP contribution in [0.1, 0.15) is 119 Å². The molecule has 9 unspecified atom stereocenters. The molecule has 4 N–H and O–H groups in total. The highest BCUT2D eigenvalue weighted by molar-refractivity contribution is 7.89. The number of carbonyl (C=O) groups is 3. The van der Waals surface area contributed by atoms with Crippen molar-refractivity contribution in [3.63, 3.8) is 0 Å². The van der Waals surface area contributed by atoms with Crippen molar-refractivity contribution < 1.29 is 47.6 Å². The van der Waals surface area contributed by atoms with Gasteiger partial charge in [-0.25, -0.2) is 13.1 Å². The summed E-state index contributed by atoms with van der Waals surface area (Å²) in [7, 11) is -0.378. The van der Waals surface area contributed by atoms with E-state index in [9.17, 15) is 38.1 Å². The number of hydrogen-bond acceptors (Lipinski definition) is 11. The predicted molar refractivity (Wildman–Crippen MR) is 235 cm³/mol. The number of nitrogens with one attached hydrogen (secondary N) is 1. The normalized spacial score (nSPS) is 30.6. The van der Waals surface area contributed by atoms with Gasteiger partial charge in [0.25, 0.3) is 0 Å². The average Bonchev–Trinajstić information content (AvgIpc) is 3.62. The molecule has 61 heavy (non-hydrogen) atoms. The van der Waals surface area contributed by atoms with Gasteiger partial charge in [0.2, 0.25) is 10.0 Å². The summed E-state index contributed by atoms with van der Waals surface area (Å²) in [5.74, 6) is -5.47. The third kappa shape index (κ3) is 8.34. The third-order valence-corrected chi connectivity index (χ3v) is 16.1. The van der Waals surface area contributed by atoms with Crippen molar-refractivity contribution >= 4 is 44.2 Å². The monoisotopic (exact) mass is 864 g/mol. The Morgan fingerprint density at radius 1 is 0.951 bits per heavy atom. The number of aliphatic hydroxyl groups is 3. The number of esters is 2. The first-order valence-corrected chi connectivity index (χ1v) is 23.8. The number of fused-ring (bicyclic) bond motifs is 6. The zero-order valence-electron chi connectivity index (χ0n) is 37.3. The van der Waals surface area contributed by atoms with Crippen LogP contribution in [0.3, 0.4) is 0 Å². The summed E-state index contributed by atoms with van der Waals surface area (Å²) in [6.07, 6.45) is 11.5. The van der Waals surface area contributed by atoms with E-state index in [-0.39, 0.29) is 23.3 Å². The molecule has 336 valence electrons. The van der Waals surface area contributed by atoms with Crippen LogP contribution in [0, 0.1) is 29.1 Å². The molecule has 0 aromatic heterocycles. The molecule has 4 aliphatic rings. The number of nitrogens with zero attached hydrogens (tertiary/aromatic N) is 1. The van der Waals surface area contributed by atoms with E-state index >= 15 is 0 Å². The van der Waals surface area contributed by atoms with Crippen molar-refractivity contribution in [2.75, 3.05) is 25.6 Å². The molecular weight excluding hydrogens is 797 g/mol. The molecule has 6 rings (SSSR count). The highest BCUT2D eigenvalue weighted by atomic mass is 32.2. The summed E-state index contributed by atoms with van der Waals surface area (Å²) in [4.78, 5) is 43.0. The maximum atomic E-state index is 14.5. The van der Waals surface area contributed by atoms with Gasteiger partial charge in [0.15, 0.2) is 11.4 Å². The molecule has 0 saturated heterocycles. The Bertz CT molecular complexity index is 2160. The second kappa shape index (κ2) is 17.9. The first kappa shape index (κ1) is 46.9. The molecule has 13 heteroatoms. The van der Waals surface area contributed by atoms with Gasteiger partial charge in [0.1, 0.15) is 11.7 Å². The highest BCUT2D eigenvalue weighted by Crippen LogP contribution is 2.77. The summed E-state index contributed by atoms with van der Waals surface area (Å²) < 4.78 is 44.2. The number of sulfonamides is 1. The molecule has 0 heterocycles. The van der Waals surface area contributed by atoms with Crippen LogP contribution in [-0.4, -0.2) is 91.1 Å². The van der Waals surface area contributed by atoms with Crippen LogP contribution in [0.4, 0.5) is 5.69 Å². The second-order valence-corrected chi connectivity index (χ2v) is 20.8. The summed E-state index contributed by atoms with van der Waals surface area (Å²) in [6.45, 7) is 10.0. The van der Waals surface area contributed by atoms with Crippen LogP contribution in [-0.2, 0) is 33.9 Å². The lowest BCUT2D eigenvalue weighted by molar-refractivity contribution is -0.228. The molecule has 0 spiro atoms. The van der Waals surface area contributed by atoms with E-state index in [0.29, 0.717) is 23.8 Å². The van der Waals surface area contributed by atoms with E-state index < -0.39 is 92.4 Å². The fourth-order valence-corrected chi connectivity index (χ4v) is 13.0. The Balaban J connectivity index is 1.31. The lowest BCUT2D eigenvalue weighted by Crippen LogP contribution is -2.66. The number of benzene rings is 2. The topological polar surface area (TPSA) is 180 Å². The number of hydrogen-bond donors (Lipinski definition) is 4. The van der Waals surface area contributed by atoms with Gasteiger partial charge in [0, 0.05) is 79.0 Å². The SMILES string of the molecule is CCCCCCCCCCCC(CC(=O)OC1C(C)C2(O)C(C=C(CO)CC3(O)C(=O)C(C)=CC32)C2C(C)(C)C12OC(C)=O)NS(=O)(=O)c1cccc2c(N(C)C)cccc12. The first-order valence-electron chi connectivity index (χ1n) is 22.3. The molecular formula is C48H68N2O10S. The number of rotatable bonds is 19. The van der Waals surface area contributed by atoms with E-state index in [4.69, 9.17) is 9.47 Å². The van der Waals surface area contributed by atoms with Gasteiger partial charge in [-0.15, -0.1) is 0 Å². The number of ketones is 1. The van der Waals surface area contributed by atoms with Crippen LogP contribution >= 0.6 is 0 Å². The molecule has 2 aromatic rings. The Morgan fingerprint density at radius 3 is 2.20 bits per heavy atom. The van der Waals surface area contributed by atoms with E-state index in [2.05, 4.69) is 11.6 Å². The van der Waals surface area contributed by atoms with E-state index in [0.717, 1.165) is 36.8 Å². The standard InChI is InChI=1S/C48H68N2O10S/c1-9-10-11-12-13-14-15-16-17-20-34(49-61(57,58)39-24-19-21-35-36(39)22-18-23-38(35)50(7)8)27-41(53)59-44-31(3)47(56)37(42-45(5,6)48(42,44)60-32(4)52)26-33(29-51)28-46(55)40(47)25-30(2)43(46)54/h18-19,21-26,31,34,37,40,42,44,49,51,55-56H,9-17,20,27-29H2,1-8H3. The van der Waals surface area contributed by atoms with Crippen molar-refractivity contribution in [3.8, 4) is 0 Å². The Morgan fingerprint density at radius 2 is 1.57 bits per heavy atom. The van der Waals surface area contributed by atoms with E-state index in [1.165, 1.54) is 32.6 Å². The maximum absolute atomic E-state index is 14.5. The van der Waals surface area contributed by atoms with Gasteiger partial charge in [-0.2, -0.15) is 0 Å². The minimum Gasteiger partial charge on any atom is -0.458 e. The second-order valence-electron chi connectivity index (χ2n) is 19.1. The lowest BCUT2D eigenvalue weighted by Gasteiger charge is -2.53. The molecule has 4 aliphatic carbocycles. The molecule has 0 aliphatic heterocycles. The van der Waals surface area contributed by atoms with Gasteiger partial charge >= 0.3 is 11.9 Å². The fraction of sp³-hybridized carbons (Fsp3) is 0.646. The fourth-order valence-electron chi connectivity index (χ4n) is 11.5. The Kier molecular flexibility index (Phi) is 13.7. The number of Topliss-reactive ketones (excluding diaryl/α,β-unsaturated/α-hetero) is 1. The largest absolute Gasteiger partial charge is 0.458 e. The molecule has 2 aromatic carbocycles. The minimum atomic E-state index is -4.17. The van der Waals surface area contributed by atoms with Crippen molar-refractivity contribution in [1.29, 1.82) is 0 Å². The smallest absolute Gasteiger partial charge is 0.307 e. The number of unbranched alkanes of at least 4 members (excludes halogenated alkanes) is 8. The van der Waals surface area contributed by atoms with Gasteiger partial charge in [-0.3, -0.25) is 14.4 Å². The van der Waals surface area contributed by atoms with Crippen LogP contribution in [0.5, 0.6) is 0 Å². The number of carbonyl (C=O) groups excluding carboxylic acids is 3. The van der Waals surface area contributed by atoms with Crippen molar-refractivity contribution in [3.05, 3.63) is 59.7 Å². The summed E-state index contributed by atoms with van der Waals surface area (Å²) in [6, 6.07) is 9.81. The highest BCUT2D eigenvalue weighted by Gasteiger charge is 2.87. The predicted octanol–water partition coefficient (Wildman–Crippen LogP) is 6.93. The van der Waals surface area contributed by atoms with E-state index in [1.807, 2.05) is 51.0 Å². The molecule has 2 fully saturated rings. The zero-order chi connectivity index (χ0) is 44.7. The molecule has 0 radical (unpaired) electrons. The van der Waals surface area contributed by atoms with Crippen molar-refractivity contribution in [1.82, 2.24) is 4.72 Å². The number of ether oxygens (including phenoxy) is 2. The van der Waals surface area contributed by atoms with Gasteiger partial charge in [-0.05, 0) is 36.6 Å². The average molecular weight is 865 g/mol. The molecule has 0 bridgehead atoms.